The Balaban J connectivity index is 2.55. The van der Waals surface area contributed by atoms with Gasteiger partial charge in [-0.3, -0.25) is 0 Å². The van der Waals surface area contributed by atoms with Crippen LogP contribution in [0, 0.1) is 26.6 Å². The van der Waals surface area contributed by atoms with E-state index in [-0.39, 0.29) is 11.9 Å². The maximum absolute atomic E-state index is 14.1. The van der Waals surface area contributed by atoms with Crippen LogP contribution in [0.3, 0.4) is 0 Å². The Kier molecular flexibility index (Phi) is 4.61. The third-order valence-corrected chi connectivity index (χ3v) is 4.79. The maximum atomic E-state index is 14.1. The van der Waals surface area contributed by atoms with E-state index < -0.39 is 0 Å². The van der Waals surface area contributed by atoms with Gasteiger partial charge in [-0.05, 0) is 50.6 Å². The Morgan fingerprint density at radius 3 is 2.20 bits per heavy atom. The van der Waals surface area contributed by atoms with Crippen LogP contribution in [-0.2, 0) is 0 Å². The van der Waals surface area contributed by atoms with Crippen molar-refractivity contribution in [2.75, 3.05) is 7.05 Å². The van der Waals surface area contributed by atoms with Crippen LogP contribution in [-0.4, -0.2) is 7.05 Å². The van der Waals surface area contributed by atoms with Crippen molar-refractivity contribution in [2.45, 2.75) is 26.8 Å². The van der Waals surface area contributed by atoms with Crippen LogP contribution < -0.4 is 5.32 Å². The zero-order valence-electron chi connectivity index (χ0n) is 12.2. The van der Waals surface area contributed by atoms with Crippen molar-refractivity contribution < 1.29 is 4.39 Å². The number of halogens is 2. The van der Waals surface area contributed by atoms with Crippen molar-refractivity contribution in [1.82, 2.24) is 5.32 Å². The molecule has 106 valence electrons. The molecule has 0 amide bonds. The van der Waals surface area contributed by atoms with Gasteiger partial charge in [-0.1, -0.05) is 45.8 Å². The van der Waals surface area contributed by atoms with Crippen LogP contribution in [0.5, 0.6) is 0 Å². The quantitative estimate of drug-likeness (QED) is 0.847. The number of hydrogen-bond acceptors (Lipinski definition) is 1. The largest absolute Gasteiger partial charge is 0.309 e. The SMILES string of the molecule is CNC(c1cc(C)c(Br)c(C)c1)c1cc(C)ccc1F. The summed E-state index contributed by atoms with van der Waals surface area (Å²) < 4.78 is 15.2. The minimum Gasteiger partial charge on any atom is -0.309 e. The van der Waals surface area contributed by atoms with Gasteiger partial charge >= 0.3 is 0 Å². The Morgan fingerprint density at radius 2 is 1.65 bits per heavy atom. The molecule has 3 heteroatoms. The molecule has 1 N–H and O–H groups in total. The van der Waals surface area contributed by atoms with Gasteiger partial charge in [0.2, 0.25) is 0 Å². The van der Waals surface area contributed by atoms with Crippen molar-refractivity contribution in [3.63, 3.8) is 0 Å². The lowest BCUT2D eigenvalue weighted by Crippen LogP contribution is -2.19. The average molecular weight is 336 g/mol. The Hall–Kier alpha value is -1.19. The normalized spacial score (nSPS) is 12.5. The van der Waals surface area contributed by atoms with E-state index in [0.717, 1.165) is 26.7 Å². The Bertz CT molecular complexity index is 614. The van der Waals surface area contributed by atoms with Crippen LogP contribution in [0.15, 0.2) is 34.8 Å². The van der Waals surface area contributed by atoms with Gasteiger partial charge in [0.1, 0.15) is 5.82 Å². The number of aryl methyl sites for hydroxylation is 3. The molecule has 2 aromatic rings. The lowest BCUT2D eigenvalue weighted by Gasteiger charge is -2.20. The lowest BCUT2D eigenvalue weighted by atomic mass is 9.94. The molecular formula is C17H19BrFN. The first-order chi connectivity index (χ1) is 9.43. The first-order valence-corrected chi connectivity index (χ1v) is 7.43. The molecule has 0 heterocycles. The molecule has 20 heavy (non-hydrogen) atoms. The van der Waals surface area contributed by atoms with Crippen LogP contribution in [0.4, 0.5) is 4.39 Å². The lowest BCUT2D eigenvalue weighted by molar-refractivity contribution is 0.575. The molecule has 1 unspecified atom stereocenters. The van der Waals surface area contributed by atoms with Crippen LogP contribution in [0.25, 0.3) is 0 Å². The third kappa shape index (κ3) is 2.94. The molecule has 0 aliphatic rings. The summed E-state index contributed by atoms with van der Waals surface area (Å²) in [5.74, 6) is -0.173. The Labute approximate surface area is 128 Å². The van der Waals surface area contributed by atoms with E-state index >= 15 is 0 Å². The van der Waals surface area contributed by atoms with Crippen LogP contribution in [0.2, 0.25) is 0 Å². The Morgan fingerprint density at radius 1 is 1.05 bits per heavy atom. The zero-order valence-corrected chi connectivity index (χ0v) is 13.8. The molecule has 0 aromatic heterocycles. The summed E-state index contributed by atoms with van der Waals surface area (Å²) in [5, 5.41) is 3.22. The van der Waals surface area contributed by atoms with E-state index in [0.29, 0.717) is 5.56 Å². The predicted molar refractivity (Wildman–Crippen MR) is 85.7 cm³/mol. The first kappa shape index (κ1) is 15.2. The van der Waals surface area contributed by atoms with Gasteiger partial charge in [-0.25, -0.2) is 4.39 Å². The van der Waals surface area contributed by atoms with Crippen molar-refractivity contribution in [3.8, 4) is 0 Å². The molecule has 1 atom stereocenters. The number of hydrogen-bond donors (Lipinski definition) is 1. The number of nitrogens with one attached hydrogen (secondary N) is 1. The number of rotatable bonds is 3. The molecule has 0 radical (unpaired) electrons. The van der Waals surface area contributed by atoms with Gasteiger partial charge in [-0.2, -0.15) is 0 Å². The molecule has 0 saturated heterocycles. The highest BCUT2D eigenvalue weighted by Crippen LogP contribution is 2.30. The van der Waals surface area contributed by atoms with Gasteiger partial charge < -0.3 is 5.32 Å². The molecule has 2 aromatic carbocycles. The predicted octanol–water partition coefficient (Wildman–Crippen LogP) is 4.82. The minimum atomic E-state index is -0.173. The van der Waals surface area contributed by atoms with E-state index in [1.807, 2.05) is 20.0 Å². The monoisotopic (exact) mass is 335 g/mol. The highest BCUT2D eigenvalue weighted by atomic mass is 79.9. The fourth-order valence-electron chi connectivity index (χ4n) is 2.53. The summed E-state index contributed by atoms with van der Waals surface area (Å²) in [7, 11) is 1.86. The molecular weight excluding hydrogens is 317 g/mol. The average Bonchev–Trinajstić information content (AvgIpc) is 2.40. The van der Waals surface area contributed by atoms with Gasteiger partial charge in [0.05, 0.1) is 6.04 Å². The van der Waals surface area contributed by atoms with E-state index in [9.17, 15) is 4.39 Å². The summed E-state index contributed by atoms with van der Waals surface area (Å²) in [6.07, 6.45) is 0. The van der Waals surface area contributed by atoms with Crippen molar-refractivity contribution in [2.24, 2.45) is 0 Å². The third-order valence-electron chi connectivity index (χ3n) is 3.54. The topological polar surface area (TPSA) is 12.0 Å². The van der Waals surface area contributed by atoms with E-state index in [4.69, 9.17) is 0 Å². The molecule has 1 nitrogen and oxygen atoms in total. The molecule has 0 aliphatic carbocycles. The summed E-state index contributed by atoms with van der Waals surface area (Å²) in [6.45, 7) is 6.09. The fourth-order valence-corrected chi connectivity index (χ4v) is 2.76. The van der Waals surface area contributed by atoms with Gasteiger partial charge in [-0.15, -0.1) is 0 Å². The summed E-state index contributed by atoms with van der Waals surface area (Å²) in [6, 6.07) is 9.29. The molecule has 0 spiro atoms. The second kappa shape index (κ2) is 6.06. The first-order valence-electron chi connectivity index (χ1n) is 6.64. The standard InChI is InChI=1S/C17H19BrFN/c1-10-5-6-15(19)14(7-10)17(20-4)13-8-11(2)16(18)12(3)9-13/h5-9,17,20H,1-4H3. The second-order valence-corrected chi connectivity index (χ2v) is 6.01. The van der Waals surface area contributed by atoms with Crippen molar-refractivity contribution in [1.29, 1.82) is 0 Å². The van der Waals surface area contributed by atoms with Crippen molar-refractivity contribution in [3.05, 3.63) is 68.4 Å². The van der Waals surface area contributed by atoms with E-state index in [1.54, 1.807) is 6.07 Å². The fraction of sp³-hybridized carbons (Fsp3) is 0.294. The van der Waals surface area contributed by atoms with Crippen LogP contribution >= 0.6 is 15.9 Å². The van der Waals surface area contributed by atoms with E-state index in [1.165, 1.54) is 6.07 Å². The second-order valence-electron chi connectivity index (χ2n) is 5.22. The highest BCUT2D eigenvalue weighted by molar-refractivity contribution is 9.10. The minimum absolute atomic E-state index is 0.139. The molecule has 2 rings (SSSR count). The molecule has 0 bridgehead atoms. The zero-order chi connectivity index (χ0) is 14.9. The van der Waals surface area contributed by atoms with Gasteiger partial charge in [0.15, 0.2) is 0 Å². The summed E-state index contributed by atoms with van der Waals surface area (Å²) >= 11 is 3.57. The molecule has 0 fully saturated rings. The molecule has 0 aliphatic heterocycles. The van der Waals surface area contributed by atoms with Gasteiger partial charge in [0, 0.05) is 10.0 Å². The number of benzene rings is 2. The summed E-state index contributed by atoms with van der Waals surface area (Å²) in [5.41, 5.74) is 5.15. The van der Waals surface area contributed by atoms with E-state index in [2.05, 4.69) is 47.2 Å². The van der Waals surface area contributed by atoms with Crippen LogP contribution in [0.1, 0.15) is 33.9 Å². The smallest absolute Gasteiger partial charge is 0.128 e. The highest BCUT2D eigenvalue weighted by Gasteiger charge is 2.17. The molecule has 0 saturated carbocycles. The maximum Gasteiger partial charge on any atom is 0.128 e. The van der Waals surface area contributed by atoms with Gasteiger partial charge in [0.25, 0.3) is 0 Å². The van der Waals surface area contributed by atoms with Crippen molar-refractivity contribution >= 4 is 15.9 Å². The summed E-state index contributed by atoms with van der Waals surface area (Å²) in [4.78, 5) is 0.